The summed E-state index contributed by atoms with van der Waals surface area (Å²) in [5.41, 5.74) is 0. The highest BCUT2D eigenvalue weighted by molar-refractivity contribution is 5.81. The summed E-state index contributed by atoms with van der Waals surface area (Å²) in [7, 11) is 0. The zero-order chi connectivity index (χ0) is 11.0. The van der Waals surface area contributed by atoms with Crippen LogP contribution in [0.1, 0.15) is 40.0 Å². The van der Waals surface area contributed by atoms with Crippen LogP contribution in [0.4, 0.5) is 0 Å². The average molecular weight is 199 g/mol. The first kappa shape index (κ1) is 13.2. The first-order valence-corrected chi connectivity index (χ1v) is 5.19. The molecule has 14 heavy (non-hydrogen) atoms. The van der Waals surface area contributed by atoms with Gasteiger partial charge in [0.15, 0.2) is 6.23 Å². The topological polar surface area (TPSA) is 38.3 Å². The number of rotatable bonds is 7. The Labute approximate surface area is 86.5 Å². The molecule has 0 aliphatic rings. The largest absolute Gasteiger partial charge is 0.444 e. The summed E-state index contributed by atoms with van der Waals surface area (Å²) in [6.07, 6.45) is 4.41. The summed E-state index contributed by atoms with van der Waals surface area (Å²) in [6.45, 7) is 9.42. The first-order valence-electron chi connectivity index (χ1n) is 5.19. The molecule has 0 aromatic carbocycles. The monoisotopic (exact) mass is 199 g/mol. The van der Waals surface area contributed by atoms with Gasteiger partial charge in [0.2, 0.25) is 0 Å². The van der Waals surface area contributed by atoms with Crippen LogP contribution in [0, 0.1) is 0 Å². The SMILES string of the molecule is C=CC(=O)OC(C)NC(C)CCCC. The predicted molar refractivity (Wildman–Crippen MR) is 57.9 cm³/mol. The third kappa shape index (κ3) is 6.66. The maximum atomic E-state index is 10.8. The second-order valence-electron chi connectivity index (χ2n) is 3.49. The van der Waals surface area contributed by atoms with Crippen molar-refractivity contribution in [3.05, 3.63) is 12.7 Å². The molecule has 0 radical (unpaired) electrons. The number of carbonyl (C=O) groups is 1. The van der Waals surface area contributed by atoms with Crippen LogP contribution in [0.15, 0.2) is 12.7 Å². The summed E-state index contributed by atoms with van der Waals surface area (Å²) < 4.78 is 4.98. The minimum Gasteiger partial charge on any atom is -0.444 e. The molecular weight excluding hydrogens is 178 g/mol. The third-order valence-electron chi connectivity index (χ3n) is 1.97. The maximum absolute atomic E-state index is 10.8. The molecule has 2 unspecified atom stereocenters. The van der Waals surface area contributed by atoms with Crippen molar-refractivity contribution in [2.75, 3.05) is 0 Å². The Bertz CT molecular complexity index is 180. The van der Waals surface area contributed by atoms with Crippen LogP contribution in [-0.4, -0.2) is 18.2 Å². The highest BCUT2D eigenvalue weighted by Crippen LogP contribution is 2.01. The molecule has 0 saturated carbocycles. The van der Waals surface area contributed by atoms with Gasteiger partial charge in [-0.2, -0.15) is 0 Å². The van der Waals surface area contributed by atoms with E-state index < -0.39 is 0 Å². The smallest absolute Gasteiger partial charge is 0.331 e. The lowest BCUT2D eigenvalue weighted by Crippen LogP contribution is -2.37. The molecule has 0 amide bonds. The van der Waals surface area contributed by atoms with Gasteiger partial charge in [-0.3, -0.25) is 5.32 Å². The van der Waals surface area contributed by atoms with Gasteiger partial charge in [0.1, 0.15) is 0 Å². The van der Waals surface area contributed by atoms with Crippen LogP contribution in [0.25, 0.3) is 0 Å². The molecule has 3 heteroatoms. The van der Waals surface area contributed by atoms with E-state index in [2.05, 4.69) is 25.7 Å². The van der Waals surface area contributed by atoms with Crippen molar-refractivity contribution in [3.8, 4) is 0 Å². The first-order chi connectivity index (χ1) is 6.60. The summed E-state index contributed by atoms with van der Waals surface area (Å²) in [5, 5.41) is 3.19. The fourth-order valence-electron chi connectivity index (χ4n) is 1.25. The molecular formula is C11H21NO2. The summed E-state index contributed by atoms with van der Waals surface area (Å²) >= 11 is 0. The van der Waals surface area contributed by atoms with E-state index in [1.807, 2.05) is 6.92 Å². The number of hydrogen-bond acceptors (Lipinski definition) is 3. The van der Waals surface area contributed by atoms with Gasteiger partial charge in [0, 0.05) is 12.1 Å². The van der Waals surface area contributed by atoms with Gasteiger partial charge in [-0.05, 0) is 20.3 Å². The molecule has 0 saturated heterocycles. The number of nitrogens with one attached hydrogen (secondary N) is 1. The number of hydrogen-bond donors (Lipinski definition) is 1. The lowest BCUT2D eigenvalue weighted by atomic mass is 10.1. The van der Waals surface area contributed by atoms with Crippen LogP contribution in [0.5, 0.6) is 0 Å². The van der Waals surface area contributed by atoms with Crippen LogP contribution >= 0.6 is 0 Å². The second-order valence-corrected chi connectivity index (χ2v) is 3.49. The number of ether oxygens (including phenoxy) is 1. The fraction of sp³-hybridized carbons (Fsp3) is 0.727. The van der Waals surface area contributed by atoms with E-state index in [4.69, 9.17) is 4.74 Å². The van der Waals surface area contributed by atoms with E-state index in [9.17, 15) is 4.79 Å². The van der Waals surface area contributed by atoms with Crippen molar-refractivity contribution in [1.82, 2.24) is 5.32 Å². The lowest BCUT2D eigenvalue weighted by molar-refractivity contribution is -0.143. The molecule has 3 nitrogen and oxygen atoms in total. The summed E-state index contributed by atoms with van der Waals surface area (Å²) in [5.74, 6) is -0.382. The Morgan fingerprint density at radius 2 is 2.21 bits per heavy atom. The van der Waals surface area contributed by atoms with E-state index in [1.54, 1.807) is 0 Å². The zero-order valence-corrected chi connectivity index (χ0v) is 9.38. The molecule has 0 rings (SSSR count). The highest BCUT2D eigenvalue weighted by Gasteiger charge is 2.09. The Morgan fingerprint density at radius 1 is 1.57 bits per heavy atom. The highest BCUT2D eigenvalue weighted by atomic mass is 16.6. The van der Waals surface area contributed by atoms with Gasteiger partial charge in [-0.25, -0.2) is 4.79 Å². The Balaban J connectivity index is 3.64. The van der Waals surface area contributed by atoms with Crippen LogP contribution in [0.2, 0.25) is 0 Å². The van der Waals surface area contributed by atoms with Crippen LogP contribution in [0.3, 0.4) is 0 Å². The van der Waals surface area contributed by atoms with Crippen molar-refractivity contribution in [2.24, 2.45) is 0 Å². The molecule has 0 spiro atoms. The van der Waals surface area contributed by atoms with Gasteiger partial charge in [-0.15, -0.1) is 0 Å². The Kier molecular flexibility index (Phi) is 7.11. The maximum Gasteiger partial charge on any atom is 0.331 e. The fourth-order valence-corrected chi connectivity index (χ4v) is 1.25. The predicted octanol–water partition coefficient (Wildman–Crippen LogP) is 2.23. The van der Waals surface area contributed by atoms with E-state index in [-0.39, 0.29) is 12.2 Å². The number of esters is 1. The molecule has 1 N–H and O–H groups in total. The van der Waals surface area contributed by atoms with Gasteiger partial charge in [0.25, 0.3) is 0 Å². The minimum atomic E-state index is -0.382. The molecule has 0 bridgehead atoms. The zero-order valence-electron chi connectivity index (χ0n) is 9.38. The summed E-state index contributed by atoms with van der Waals surface area (Å²) in [4.78, 5) is 10.8. The molecule has 2 atom stereocenters. The molecule has 0 heterocycles. The van der Waals surface area contributed by atoms with Crippen molar-refractivity contribution in [3.63, 3.8) is 0 Å². The molecule has 82 valence electrons. The van der Waals surface area contributed by atoms with E-state index >= 15 is 0 Å². The van der Waals surface area contributed by atoms with Gasteiger partial charge in [-0.1, -0.05) is 26.3 Å². The van der Waals surface area contributed by atoms with Crippen molar-refractivity contribution >= 4 is 5.97 Å². The van der Waals surface area contributed by atoms with Crippen LogP contribution < -0.4 is 5.32 Å². The third-order valence-corrected chi connectivity index (χ3v) is 1.97. The van der Waals surface area contributed by atoms with E-state index in [0.29, 0.717) is 6.04 Å². The molecule has 0 aromatic rings. The quantitative estimate of drug-likeness (QED) is 0.388. The van der Waals surface area contributed by atoms with E-state index in [1.165, 1.54) is 18.9 Å². The molecule has 0 aliphatic heterocycles. The molecule has 0 aromatic heterocycles. The van der Waals surface area contributed by atoms with Gasteiger partial charge in [0.05, 0.1) is 0 Å². The van der Waals surface area contributed by atoms with Crippen molar-refractivity contribution in [2.45, 2.75) is 52.3 Å². The van der Waals surface area contributed by atoms with E-state index in [0.717, 1.165) is 6.42 Å². The summed E-state index contributed by atoms with van der Waals surface area (Å²) in [6, 6.07) is 0.377. The molecule has 0 aliphatic carbocycles. The van der Waals surface area contributed by atoms with Gasteiger partial charge >= 0.3 is 5.97 Å². The Morgan fingerprint density at radius 3 is 2.71 bits per heavy atom. The number of carbonyl (C=O) groups excluding carboxylic acids is 1. The van der Waals surface area contributed by atoms with Crippen molar-refractivity contribution < 1.29 is 9.53 Å². The van der Waals surface area contributed by atoms with Gasteiger partial charge < -0.3 is 4.74 Å². The Hall–Kier alpha value is -0.830. The van der Waals surface area contributed by atoms with Crippen molar-refractivity contribution in [1.29, 1.82) is 0 Å². The standard InChI is InChI=1S/C11H21NO2/c1-5-7-8-9(3)12-10(4)14-11(13)6-2/h6,9-10,12H,2,5,7-8H2,1,3-4H3. The normalized spacial score (nSPS) is 14.5. The minimum absolute atomic E-state index is 0.243. The van der Waals surface area contributed by atoms with Crippen LogP contribution in [-0.2, 0) is 9.53 Å². The average Bonchev–Trinajstić information content (AvgIpc) is 2.14. The second kappa shape index (κ2) is 7.56. The number of unbranched alkanes of at least 4 members (excludes halogenated alkanes) is 1. The lowest BCUT2D eigenvalue weighted by Gasteiger charge is -2.19. The molecule has 0 fully saturated rings.